The summed E-state index contributed by atoms with van der Waals surface area (Å²) in [5, 5.41) is 18.9. The van der Waals surface area contributed by atoms with Crippen LogP contribution < -0.4 is 11.3 Å². The topological polar surface area (TPSA) is 129 Å². The van der Waals surface area contributed by atoms with Crippen LogP contribution in [0.15, 0.2) is 11.1 Å². The van der Waals surface area contributed by atoms with Crippen molar-refractivity contribution in [3.05, 3.63) is 27.9 Å². The van der Waals surface area contributed by atoms with Gasteiger partial charge in [-0.25, -0.2) is 4.98 Å². The second-order valence-electron chi connectivity index (χ2n) is 3.67. The number of H-pyrrole nitrogens is 1. The molecule has 0 aliphatic rings. The van der Waals surface area contributed by atoms with E-state index in [1.165, 1.54) is 0 Å². The van der Waals surface area contributed by atoms with Gasteiger partial charge in [-0.3, -0.25) is 9.59 Å². The number of aromatic nitrogens is 2. The molecule has 0 saturated carbocycles. The van der Waals surface area contributed by atoms with E-state index in [1.54, 1.807) is 0 Å². The quantitative estimate of drug-likeness (QED) is 0.566. The maximum absolute atomic E-state index is 12.6. The Morgan fingerprint density at radius 1 is 1.47 bits per heavy atom. The van der Waals surface area contributed by atoms with Gasteiger partial charge in [-0.1, -0.05) is 0 Å². The Bertz CT molecular complexity index is 528. The van der Waals surface area contributed by atoms with E-state index < -0.39 is 47.5 Å². The minimum Gasteiger partial charge on any atom is -0.390 e. The number of carbonyl (C=O) groups excluding carboxylic acids is 1. The van der Waals surface area contributed by atoms with Crippen LogP contribution in [-0.2, 0) is 11.0 Å². The van der Waals surface area contributed by atoms with Crippen molar-refractivity contribution in [2.75, 3.05) is 0 Å². The zero-order valence-electron chi connectivity index (χ0n) is 9.31. The molecule has 0 aromatic carbocycles. The van der Waals surface area contributed by atoms with Crippen molar-refractivity contribution in [2.24, 2.45) is 5.73 Å². The lowest BCUT2D eigenvalue weighted by Crippen LogP contribution is -2.32. The maximum Gasteiger partial charge on any atom is 0.433 e. The number of aromatic amines is 1. The molecule has 5 N–H and O–H groups in total. The zero-order valence-corrected chi connectivity index (χ0v) is 9.31. The smallest absolute Gasteiger partial charge is 0.390 e. The number of rotatable bonds is 4. The third-order valence-electron chi connectivity index (χ3n) is 2.23. The molecule has 0 aliphatic carbocycles. The van der Waals surface area contributed by atoms with Gasteiger partial charge in [0.25, 0.3) is 5.56 Å². The molecule has 1 amide bonds. The Labute approximate surface area is 103 Å². The molecule has 2 unspecified atom stereocenters. The lowest BCUT2D eigenvalue weighted by Gasteiger charge is -2.19. The predicted molar refractivity (Wildman–Crippen MR) is 54.6 cm³/mol. The van der Waals surface area contributed by atoms with Gasteiger partial charge < -0.3 is 20.9 Å². The zero-order chi connectivity index (χ0) is 14.8. The fraction of sp³-hybridized carbons (Fsp3) is 0.444. The molecule has 0 saturated heterocycles. The lowest BCUT2D eigenvalue weighted by molar-refractivity contribution is -0.144. The van der Waals surface area contributed by atoms with E-state index in [1.807, 2.05) is 4.98 Å². The Kier molecular flexibility index (Phi) is 4.27. The van der Waals surface area contributed by atoms with Crippen LogP contribution in [0.2, 0.25) is 0 Å². The van der Waals surface area contributed by atoms with Crippen molar-refractivity contribution in [1.29, 1.82) is 0 Å². The van der Waals surface area contributed by atoms with E-state index in [0.29, 0.717) is 6.33 Å². The van der Waals surface area contributed by atoms with E-state index in [9.17, 15) is 33.0 Å². The molecule has 106 valence electrons. The summed E-state index contributed by atoms with van der Waals surface area (Å²) < 4.78 is 37.8. The number of nitrogens with two attached hydrogens (primary N) is 1. The van der Waals surface area contributed by atoms with Crippen LogP contribution in [0, 0.1) is 0 Å². The molecular weight excluding hydrogens is 271 g/mol. The summed E-state index contributed by atoms with van der Waals surface area (Å²) in [7, 11) is 0. The number of primary amides is 1. The molecule has 10 heteroatoms. The molecule has 7 nitrogen and oxygen atoms in total. The minimum atomic E-state index is -4.99. The highest BCUT2D eigenvalue weighted by atomic mass is 19.4. The Morgan fingerprint density at radius 3 is 2.53 bits per heavy atom. The number of nitrogens with zero attached hydrogens (tertiary/aromatic N) is 1. The first kappa shape index (κ1) is 15.1. The van der Waals surface area contributed by atoms with Gasteiger partial charge in [-0.15, -0.1) is 0 Å². The number of hydrogen-bond donors (Lipinski definition) is 4. The number of alkyl halides is 3. The van der Waals surface area contributed by atoms with Crippen molar-refractivity contribution in [2.45, 2.75) is 24.8 Å². The molecule has 2 atom stereocenters. The normalized spacial score (nSPS) is 15.0. The minimum absolute atomic E-state index is 0.516. The molecule has 1 heterocycles. The van der Waals surface area contributed by atoms with Gasteiger partial charge in [0.05, 0.1) is 24.4 Å². The highest BCUT2D eigenvalue weighted by Gasteiger charge is 2.40. The third kappa shape index (κ3) is 3.51. The van der Waals surface area contributed by atoms with Gasteiger partial charge in [-0.2, -0.15) is 13.2 Å². The fourth-order valence-corrected chi connectivity index (χ4v) is 1.42. The second-order valence-corrected chi connectivity index (χ2v) is 3.67. The SMILES string of the molecule is NC(=O)CC(O)C(O)c1c(C(F)(F)F)nc[nH]c1=O. The summed E-state index contributed by atoms with van der Waals surface area (Å²) >= 11 is 0. The van der Waals surface area contributed by atoms with Gasteiger partial charge >= 0.3 is 6.18 Å². The number of nitrogens with one attached hydrogen (secondary N) is 1. The number of amides is 1. The van der Waals surface area contributed by atoms with E-state index in [2.05, 4.69) is 4.98 Å². The number of aliphatic hydroxyl groups is 2. The monoisotopic (exact) mass is 281 g/mol. The molecule has 19 heavy (non-hydrogen) atoms. The first-order valence-corrected chi connectivity index (χ1v) is 4.93. The van der Waals surface area contributed by atoms with Gasteiger partial charge in [0.2, 0.25) is 5.91 Å². The molecule has 1 rings (SSSR count). The first-order valence-electron chi connectivity index (χ1n) is 4.93. The first-order chi connectivity index (χ1) is 8.64. The van der Waals surface area contributed by atoms with Gasteiger partial charge in [0.15, 0.2) is 5.69 Å². The van der Waals surface area contributed by atoms with Crippen LogP contribution in [0.25, 0.3) is 0 Å². The van der Waals surface area contributed by atoms with Crippen LogP contribution in [-0.4, -0.2) is 32.2 Å². The van der Waals surface area contributed by atoms with E-state index >= 15 is 0 Å². The van der Waals surface area contributed by atoms with Crippen LogP contribution in [0.3, 0.4) is 0 Å². The van der Waals surface area contributed by atoms with Crippen LogP contribution in [0.5, 0.6) is 0 Å². The van der Waals surface area contributed by atoms with Crippen molar-refractivity contribution < 1.29 is 28.2 Å². The van der Waals surface area contributed by atoms with E-state index in [0.717, 1.165) is 0 Å². The molecule has 1 aromatic heterocycles. The standard InChI is InChI=1S/C9H10F3N3O4/c10-9(11,12)7-5(8(19)15-2-14-7)6(18)3(16)1-4(13)17/h2-3,6,16,18H,1H2,(H2,13,17)(H,14,15,19). The third-order valence-corrected chi connectivity index (χ3v) is 2.23. The van der Waals surface area contributed by atoms with Gasteiger partial charge in [-0.05, 0) is 0 Å². The van der Waals surface area contributed by atoms with E-state index in [-0.39, 0.29) is 0 Å². The van der Waals surface area contributed by atoms with Crippen molar-refractivity contribution >= 4 is 5.91 Å². The lowest BCUT2D eigenvalue weighted by atomic mass is 10.0. The van der Waals surface area contributed by atoms with Crippen LogP contribution in [0.4, 0.5) is 13.2 Å². The number of carbonyl (C=O) groups is 1. The Hall–Kier alpha value is -1.94. The van der Waals surface area contributed by atoms with E-state index in [4.69, 9.17) is 5.73 Å². The van der Waals surface area contributed by atoms with Crippen molar-refractivity contribution in [1.82, 2.24) is 9.97 Å². The summed E-state index contributed by atoms with van der Waals surface area (Å²) in [5.74, 6) is -1.04. The summed E-state index contributed by atoms with van der Waals surface area (Å²) in [5.41, 5.74) is 0.677. The van der Waals surface area contributed by atoms with Crippen LogP contribution in [0.1, 0.15) is 23.8 Å². The average molecular weight is 281 g/mol. The highest BCUT2D eigenvalue weighted by Crippen LogP contribution is 2.32. The Morgan fingerprint density at radius 2 is 2.05 bits per heavy atom. The maximum atomic E-state index is 12.6. The molecular formula is C9H10F3N3O4. The molecule has 0 fully saturated rings. The molecule has 0 radical (unpaired) electrons. The molecule has 0 bridgehead atoms. The van der Waals surface area contributed by atoms with Crippen molar-refractivity contribution in [3.8, 4) is 0 Å². The largest absolute Gasteiger partial charge is 0.433 e. The van der Waals surface area contributed by atoms with Crippen LogP contribution >= 0.6 is 0 Å². The number of halogens is 3. The predicted octanol–water partition coefficient (Wildman–Crippen LogP) is -0.942. The Balaban J connectivity index is 3.26. The summed E-state index contributed by atoms with van der Waals surface area (Å²) in [6.45, 7) is 0. The number of hydrogen-bond acceptors (Lipinski definition) is 5. The highest BCUT2D eigenvalue weighted by molar-refractivity contribution is 5.74. The van der Waals surface area contributed by atoms with Crippen molar-refractivity contribution in [3.63, 3.8) is 0 Å². The summed E-state index contributed by atoms with van der Waals surface area (Å²) in [4.78, 5) is 26.6. The molecule has 0 aliphatic heterocycles. The summed E-state index contributed by atoms with van der Waals surface area (Å²) in [6.07, 6.45) is -9.45. The molecule has 0 spiro atoms. The van der Waals surface area contributed by atoms with Gasteiger partial charge in [0.1, 0.15) is 6.10 Å². The average Bonchev–Trinajstić information content (AvgIpc) is 2.25. The second kappa shape index (κ2) is 5.36. The summed E-state index contributed by atoms with van der Waals surface area (Å²) in [6, 6.07) is 0. The fourth-order valence-electron chi connectivity index (χ4n) is 1.42. The van der Waals surface area contributed by atoms with Gasteiger partial charge in [0, 0.05) is 0 Å². The number of aliphatic hydroxyl groups excluding tert-OH is 2. The molecule has 1 aromatic rings.